The fourth-order valence-corrected chi connectivity index (χ4v) is 2.72. The van der Waals surface area contributed by atoms with Crippen LogP contribution in [0.3, 0.4) is 0 Å². The molecule has 1 amide bonds. The van der Waals surface area contributed by atoms with Gasteiger partial charge in [-0.3, -0.25) is 4.79 Å². The van der Waals surface area contributed by atoms with Gasteiger partial charge in [-0.1, -0.05) is 39.0 Å². The number of hydrogen-bond acceptors (Lipinski definition) is 2. The summed E-state index contributed by atoms with van der Waals surface area (Å²) in [5, 5.41) is 2.35. The molecule has 0 saturated heterocycles. The predicted octanol–water partition coefficient (Wildman–Crippen LogP) is 3.12. The summed E-state index contributed by atoms with van der Waals surface area (Å²) in [6.45, 7) is 0.560. The number of hydrogen-bond donors (Lipinski definition) is 2. The summed E-state index contributed by atoms with van der Waals surface area (Å²) >= 11 is 0. The number of rotatable bonds is 7. The van der Waals surface area contributed by atoms with Crippen LogP contribution in [0.1, 0.15) is 51.9 Å². The molecule has 3 N–H and O–H groups in total. The average molecular weight is 313 g/mol. The molecule has 0 heterocycles. The molecule has 1 aliphatic carbocycles. The zero-order chi connectivity index (χ0) is 14.3. The number of nitrogens with two attached hydrogens (primary N) is 1. The summed E-state index contributed by atoms with van der Waals surface area (Å²) in [5.41, 5.74) is 4.95. The molecular weight excluding hydrogens is 286 g/mol. The molecule has 3 nitrogen and oxygen atoms in total. The molecule has 1 unspecified atom stereocenters. The Hall–Kier alpha value is -0.420. The van der Waals surface area contributed by atoms with Gasteiger partial charge in [0.15, 0.2) is 0 Å². The van der Waals surface area contributed by atoms with Crippen molar-refractivity contribution in [3.8, 4) is 0 Å². The van der Waals surface area contributed by atoms with Crippen molar-refractivity contribution in [1.82, 2.24) is 5.32 Å². The lowest BCUT2D eigenvalue weighted by Gasteiger charge is -2.26. The molecule has 1 saturated carbocycles. The van der Waals surface area contributed by atoms with Crippen molar-refractivity contribution in [2.45, 2.75) is 57.8 Å². The zero-order valence-electron chi connectivity index (χ0n) is 12.2. The van der Waals surface area contributed by atoms with Gasteiger partial charge in [-0.2, -0.15) is 0 Å². The van der Waals surface area contributed by atoms with E-state index in [1.807, 2.05) is 6.92 Å². The Morgan fingerprint density at radius 3 is 2.45 bits per heavy atom. The van der Waals surface area contributed by atoms with Gasteiger partial charge in [0.05, 0.1) is 13.1 Å². The molecule has 1 aliphatic rings. The van der Waals surface area contributed by atoms with E-state index in [4.69, 9.17) is 5.73 Å². The van der Waals surface area contributed by atoms with Crippen LogP contribution < -0.4 is 11.1 Å². The first kappa shape index (κ1) is 19.6. The third-order valence-electron chi connectivity index (χ3n) is 4.03. The number of carbonyl (C=O) groups excluding carboxylic acids is 1. The largest absolute Gasteiger partial charge is 0.350 e. The molecular formula is C14H27ClF2N2O. The smallest absolute Gasteiger partial charge is 0.277 e. The van der Waals surface area contributed by atoms with Crippen LogP contribution in [0, 0.1) is 11.8 Å². The Kier molecular flexibility index (Phi) is 9.30. The summed E-state index contributed by atoms with van der Waals surface area (Å²) in [6, 6.07) is 0. The number of amides is 1. The molecule has 6 heteroatoms. The summed E-state index contributed by atoms with van der Waals surface area (Å²) < 4.78 is 26.0. The van der Waals surface area contributed by atoms with E-state index in [0.29, 0.717) is 12.3 Å². The van der Waals surface area contributed by atoms with Crippen molar-refractivity contribution in [1.29, 1.82) is 0 Å². The summed E-state index contributed by atoms with van der Waals surface area (Å²) in [4.78, 5) is 11.9. The van der Waals surface area contributed by atoms with E-state index in [2.05, 4.69) is 5.32 Å². The molecule has 20 heavy (non-hydrogen) atoms. The number of halogens is 3. The van der Waals surface area contributed by atoms with Crippen molar-refractivity contribution < 1.29 is 13.6 Å². The number of nitrogens with one attached hydrogen (secondary N) is 1. The molecule has 120 valence electrons. The highest BCUT2D eigenvalue weighted by Crippen LogP contribution is 2.30. The Bertz CT molecular complexity index is 284. The Balaban J connectivity index is 0.00000361. The van der Waals surface area contributed by atoms with Gasteiger partial charge in [0.2, 0.25) is 5.91 Å². The van der Waals surface area contributed by atoms with E-state index in [1.54, 1.807) is 0 Å². The van der Waals surface area contributed by atoms with E-state index < -0.39 is 19.0 Å². The third kappa shape index (κ3) is 6.84. The third-order valence-corrected chi connectivity index (χ3v) is 4.03. The minimum atomic E-state index is -3.00. The Morgan fingerprint density at radius 1 is 1.35 bits per heavy atom. The minimum Gasteiger partial charge on any atom is -0.350 e. The van der Waals surface area contributed by atoms with Crippen LogP contribution in [0.2, 0.25) is 0 Å². The van der Waals surface area contributed by atoms with E-state index in [9.17, 15) is 13.6 Å². The van der Waals surface area contributed by atoms with Gasteiger partial charge >= 0.3 is 0 Å². The topological polar surface area (TPSA) is 55.1 Å². The molecule has 1 fully saturated rings. The van der Waals surface area contributed by atoms with Gasteiger partial charge in [-0.25, -0.2) is 8.78 Å². The molecule has 0 aromatic rings. The van der Waals surface area contributed by atoms with E-state index in [-0.39, 0.29) is 24.2 Å². The van der Waals surface area contributed by atoms with E-state index >= 15 is 0 Å². The summed E-state index contributed by atoms with van der Waals surface area (Å²) in [7, 11) is 0. The number of carbonyl (C=O) groups is 1. The zero-order valence-corrected chi connectivity index (χ0v) is 13.0. The SMILES string of the molecule is CCC(CC1CCCCC1)C(=O)NCC(F)(F)CN.Cl. The lowest BCUT2D eigenvalue weighted by atomic mass is 9.82. The maximum absolute atomic E-state index is 13.0. The van der Waals surface area contributed by atoms with Gasteiger partial charge in [0.1, 0.15) is 0 Å². The second-order valence-electron chi connectivity index (χ2n) is 5.62. The van der Waals surface area contributed by atoms with Gasteiger partial charge in [-0.05, 0) is 18.8 Å². The van der Waals surface area contributed by atoms with E-state index in [1.165, 1.54) is 32.1 Å². The van der Waals surface area contributed by atoms with Crippen LogP contribution in [0.15, 0.2) is 0 Å². The van der Waals surface area contributed by atoms with E-state index in [0.717, 1.165) is 6.42 Å². The fraction of sp³-hybridized carbons (Fsp3) is 0.929. The highest BCUT2D eigenvalue weighted by atomic mass is 35.5. The molecule has 1 atom stereocenters. The summed E-state index contributed by atoms with van der Waals surface area (Å²) in [6.07, 6.45) is 7.61. The van der Waals surface area contributed by atoms with Gasteiger partial charge in [-0.15, -0.1) is 12.4 Å². The van der Waals surface area contributed by atoms with Gasteiger partial charge in [0, 0.05) is 5.92 Å². The maximum Gasteiger partial charge on any atom is 0.277 e. The van der Waals surface area contributed by atoms with Crippen molar-refractivity contribution in [2.75, 3.05) is 13.1 Å². The van der Waals surface area contributed by atoms with Crippen LogP contribution in [0.5, 0.6) is 0 Å². The fourth-order valence-electron chi connectivity index (χ4n) is 2.72. The molecule has 0 aromatic heterocycles. The van der Waals surface area contributed by atoms with Crippen molar-refractivity contribution in [2.24, 2.45) is 17.6 Å². The number of alkyl halides is 2. The lowest BCUT2D eigenvalue weighted by molar-refractivity contribution is -0.127. The van der Waals surface area contributed by atoms with Gasteiger partial charge in [0.25, 0.3) is 5.92 Å². The Morgan fingerprint density at radius 2 is 1.95 bits per heavy atom. The predicted molar refractivity (Wildman–Crippen MR) is 79.2 cm³/mol. The lowest BCUT2D eigenvalue weighted by Crippen LogP contribution is -2.43. The van der Waals surface area contributed by atoms with Gasteiger partial charge < -0.3 is 11.1 Å². The first-order chi connectivity index (χ1) is 8.98. The van der Waals surface area contributed by atoms with Crippen LogP contribution >= 0.6 is 12.4 Å². The standard InChI is InChI=1S/C14H26F2N2O.ClH/c1-2-12(8-11-6-4-3-5-7-11)13(19)18-10-14(15,16)9-17;/h11-12H,2-10,17H2,1H3,(H,18,19);1H. The quantitative estimate of drug-likeness (QED) is 0.759. The monoisotopic (exact) mass is 312 g/mol. The molecule has 0 spiro atoms. The average Bonchev–Trinajstić information content (AvgIpc) is 2.43. The molecule has 0 aromatic carbocycles. The first-order valence-electron chi connectivity index (χ1n) is 7.34. The second-order valence-corrected chi connectivity index (χ2v) is 5.62. The molecule has 0 radical (unpaired) electrons. The van der Waals surface area contributed by atoms with Crippen LogP contribution in [0.4, 0.5) is 8.78 Å². The van der Waals surface area contributed by atoms with Crippen LogP contribution in [-0.2, 0) is 4.79 Å². The maximum atomic E-state index is 13.0. The second kappa shape index (κ2) is 9.50. The van der Waals surface area contributed by atoms with Crippen LogP contribution in [-0.4, -0.2) is 24.9 Å². The highest BCUT2D eigenvalue weighted by molar-refractivity contribution is 5.85. The highest BCUT2D eigenvalue weighted by Gasteiger charge is 2.29. The first-order valence-corrected chi connectivity index (χ1v) is 7.34. The minimum absolute atomic E-state index is 0. The summed E-state index contributed by atoms with van der Waals surface area (Å²) in [5.74, 6) is -2.81. The molecule has 0 bridgehead atoms. The van der Waals surface area contributed by atoms with Crippen molar-refractivity contribution >= 4 is 18.3 Å². The van der Waals surface area contributed by atoms with Crippen molar-refractivity contribution in [3.05, 3.63) is 0 Å². The molecule has 1 rings (SSSR count). The normalized spacial score (nSPS) is 18.2. The van der Waals surface area contributed by atoms with Crippen LogP contribution in [0.25, 0.3) is 0 Å². The Labute approximate surface area is 126 Å². The van der Waals surface area contributed by atoms with Crippen molar-refractivity contribution in [3.63, 3.8) is 0 Å². The molecule has 0 aliphatic heterocycles.